The van der Waals surface area contributed by atoms with Crippen molar-refractivity contribution in [1.82, 2.24) is 0 Å². The molecule has 1 amide bonds. The first-order valence-electron chi connectivity index (χ1n) is 10.1. The van der Waals surface area contributed by atoms with Crippen LogP contribution in [0, 0.1) is 10.1 Å². The summed E-state index contributed by atoms with van der Waals surface area (Å²) >= 11 is 0. The number of nitro groups is 1. The molecule has 0 N–H and O–H groups in total. The van der Waals surface area contributed by atoms with Crippen LogP contribution >= 0.6 is 0 Å². The van der Waals surface area contributed by atoms with E-state index >= 15 is 0 Å². The van der Waals surface area contributed by atoms with Gasteiger partial charge in [-0.2, -0.15) is 0 Å². The highest BCUT2D eigenvalue weighted by atomic mass is 16.6. The number of anilines is 2. The third kappa shape index (κ3) is 3.70. The molecule has 0 unspecified atom stereocenters. The van der Waals surface area contributed by atoms with Crippen LogP contribution in [0.3, 0.4) is 0 Å². The Morgan fingerprint density at radius 3 is 2.19 bits per heavy atom. The number of benzene rings is 3. The molecule has 1 heterocycles. The molecule has 1 aliphatic rings. The Hall–Kier alpha value is -3.87. The van der Waals surface area contributed by atoms with E-state index in [9.17, 15) is 14.9 Å². The fraction of sp³-hybridized carbons (Fsp3) is 0.208. The minimum atomic E-state index is -0.445. The molecule has 1 fully saturated rings. The fourth-order valence-corrected chi connectivity index (χ4v) is 4.09. The van der Waals surface area contributed by atoms with E-state index in [1.54, 1.807) is 24.1 Å². The van der Waals surface area contributed by atoms with Crippen molar-refractivity contribution in [2.45, 2.75) is 19.0 Å². The second kappa shape index (κ2) is 8.47. The second-order valence-electron chi connectivity index (χ2n) is 7.27. The molecule has 7 nitrogen and oxygen atoms in total. The van der Waals surface area contributed by atoms with Gasteiger partial charge >= 0.3 is 0 Å². The van der Waals surface area contributed by atoms with Gasteiger partial charge in [0.2, 0.25) is 0 Å². The van der Waals surface area contributed by atoms with Crippen molar-refractivity contribution >= 4 is 23.0 Å². The lowest BCUT2D eigenvalue weighted by Gasteiger charge is -2.52. The third-order valence-electron chi connectivity index (χ3n) is 5.63. The Morgan fingerprint density at radius 1 is 1.00 bits per heavy atom. The van der Waals surface area contributed by atoms with Crippen molar-refractivity contribution in [2.75, 3.05) is 23.5 Å². The van der Waals surface area contributed by atoms with Gasteiger partial charge in [-0.05, 0) is 48.9 Å². The van der Waals surface area contributed by atoms with Crippen LogP contribution < -0.4 is 14.5 Å². The summed E-state index contributed by atoms with van der Waals surface area (Å²) in [6.07, 6.45) is 0. The first-order chi connectivity index (χ1) is 15.0. The number of β-lactam (4-membered cyclic amide) rings is 1. The molecule has 0 aliphatic carbocycles. The molecule has 31 heavy (non-hydrogen) atoms. The van der Waals surface area contributed by atoms with E-state index in [2.05, 4.69) is 4.90 Å². The van der Waals surface area contributed by atoms with Gasteiger partial charge < -0.3 is 14.5 Å². The molecular formula is C24H23N3O4. The molecule has 0 bridgehead atoms. The Balaban J connectivity index is 1.74. The predicted octanol–water partition coefficient (Wildman–Crippen LogP) is 4.59. The standard InChI is InChI=1S/C24H23N3O4/c1-3-25(18-7-5-4-6-8-18)23-22(17-9-15-21(31-2)16-10-17)26(24(23)28)19-11-13-20(14-12-19)27(29)30/h4-16,22-23H,3H2,1-2H3/t22-,23-/m0/s1. The van der Waals surface area contributed by atoms with Crippen molar-refractivity contribution in [3.8, 4) is 5.75 Å². The molecule has 7 heteroatoms. The van der Waals surface area contributed by atoms with Gasteiger partial charge in [-0.25, -0.2) is 0 Å². The Kier molecular flexibility index (Phi) is 5.58. The van der Waals surface area contributed by atoms with E-state index in [1.807, 2.05) is 61.5 Å². The van der Waals surface area contributed by atoms with Crippen molar-refractivity contribution < 1.29 is 14.5 Å². The molecule has 158 valence electrons. The third-order valence-corrected chi connectivity index (χ3v) is 5.63. The van der Waals surface area contributed by atoms with Crippen molar-refractivity contribution in [1.29, 1.82) is 0 Å². The van der Waals surface area contributed by atoms with Crippen molar-refractivity contribution in [3.05, 3.63) is 94.5 Å². The summed E-state index contributed by atoms with van der Waals surface area (Å²) in [4.78, 5) is 27.8. The van der Waals surface area contributed by atoms with Crippen LogP contribution in [-0.4, -0.2) is 30.5 Å². The number of ether oxygens (including phenoxy) is 1. The molecule has 4 rings (SSSR count). The van der Waals surface area contributed by atoms with E-state index in [0.29, 0.717) is 12.2 Å². The van der Waals surface area contributed by atoms with Crippen LogP contribution in [0.25, 0.3) is 0 Å². The van der Waals surface area contributed by atoms with Crippen LogP contribution in [0.4, 0.5) is 17.1 Å². The number of nitro benzene ring substituents is 1. The molecule has 2 atom stereocenters. The Bertz CT molecular complexity index is 1070. The maximum Gasteiger partial charge on any atom is 0.269 e. The first-order valence-corrected chi connectivity index (χ1v) is 10.1. The second-order valence-corrected chi connectivity index (χ2v) is 7.27. The monoisotopic (exact) mass is 417 g/mol. The number of para-hydroxylation sites is 1. The molecule has 0 aromatic heterocycles. The lowest BCUT2D eigenvalue weighted by molar-refractivity contribution is -0.384. The number of hydrogen-bond donors (Lipinski definition) is 0. The number of carbonyl (C=O) groups is 1. The molecule has 3 aromatic rings. The van der Waals surface area contributed by atoms with E-state index in [1.165, 1.54) is 12.1 Å². The summed E-state index contributed by atoms with van der Waals surface area (Å²) in [6.45, 7) is 2.70. The number of nitrogens with zero attached hydrogens (tertiary/aromatic N) is 3. The molecular weight excluding hydrogens is 394 g/mol. The van der Waals surface area contributed by atoms with Gasteiger partial charge in [-0.3, -0.25) is 14.9 Å². The number of rotatable bonds is 7. The maximum atomic E-state index is 13.4. The van der Waals surface area contributed by atoms with E-state index in [-0.39, 0.29) is 23.7 Å². The van der Waals surface area contributed by atoms with Gasteiger partial charge in [0.1, 0.15) is 11.8 Å². The first kappa shape index (κ1) is 20.4. The van der Waals surface area contributed by atoms with Crippen molar-refractivity contribution in [2.24, 2.45) is 0 Å². The summed E-state index contributed by atoms with van der Waals surface area (Å²) in [5.74, 6) is 0.698. The van der Waals surface area contributed by atoms with Crippen LogP contribution in [0.2, 0.25) is 0 Å². The van der Waals surface area contributed by atoms with Gasteiger partial charge in [-0.1, -0.05) is 30.3 Å². The largest absolute Gasteiger partial charge is 0.497 e. The molecule has 0 saturated carbocycles. The molecule has 3 aromatic carbocycles. The molecule has 1 saturated heterocycles. The topological polar surface area (TPSA) is 75.9 Å². The zero-order chi connectivity index (χ0) is 22.0. The predicted molar refractivity (Wildman–Crippen MR) is 120 cm³/mol. The smallest absolute Gasteiger partial charge is 0.269 e. The number of carbonyl (C=O) groups excluding carboxylic acids is 1. The normalized spacial score (nSPS) is 17.7. The molecule has 0 spiro atoms. The zero-order valence-corrected chi connectivity index (χ0v) is 17.3. The SMILES string of the molecule is CCN(c1ccccc1)[C@@H]1C(=O)N(c2ccc([N+](=O)[O-])cc2)[C@H]1c1ccc(OC)cc1. The van der Waals surface area contributed by atoms with Gasteiger partial charge in [0.25, 0.3) is 11.6 Å². The van der Waals surface area contributed by atoms with Crippen LogP contribution in [0.5, 0.6) is 5.75 Å². The Morgan fingerprint density at radius 2 is 1.65 bits per heavy atom. The number of methoxy groups -OCH3 is 1. The van der Waals surface area contributed by atoms with E-state index in [4.69, 9.17) is 4.74 Å². The molecule has 0 radical (unpaired) electrons. The van der Waals surface area contributed by atoms with Crippen LogP contribution in [0.15, 0.2) is 78.9 Å². The average Bonchev–Trinajstić information content (AvgIpc) is 2.81. The summed E-state index contributed by atoms with van der Waals surface area (Å²) in [7, 11) is 1.61. The average molecular weight is 417 g/mol. The van der Waals surface area contributed by atoms with Gasteiger partial charge in [0.05, 0.1) is 18.1 Å². The van der Waals surface area contributed by atoms with Gasteiger partial charge in [0, 0.05) is 30.1 Å². The Labute approximate surface area is 180 Å². The summed E-state index contributed by atoms with van der Waals surface area (Å²) in [5, 5.41) is 11.0. The molecule has 1 aliphatic heterocycles. The highest BCUT2D eigenvalue weighted by Gasteiger charge is 2.51. The number of non-ortho nitro benzene ring substituents is 1. The minimum absolute atomic E-state index is 0.00580. The lowest BCUT2D eigenvalue weighted by atomic mass is 9.86. The van der Waals surface area contributed by atoms with E-state index < -0.39 is 4.92 Å². The number of hydrogen-bond acceptors (Lipinski definition) is 5. The minimum Gasteiger partial charge on any atom is -0.497 e. The van der Waals surface area contributed by atoms with Crippen molar-refractivity contribution in [3.63, 3.8) is 0 Å². The number of amides is 1. The summed E-state index contributed by atoms with van der Waals surface area (Å²) < 4.78 is 5.28. The zero-order valence-electron chi connectivity index (χ0n) is 17.3. The van der Waals surface area contributed by atoms with Gasteiger partial charge in [-0.15, -0.1) is 0 Å². The fourth-order valence-electron chi connectivity index (χ4n) is 4.09. The summed E-state index contributed by atoms with van der Waals surface area (Å²) in [6, 6.07) is 23.0. The number of likely N-dealkylation sites (N-methyl/N-ethyl adjacent to an activating group) is 1. The van der Waals surface area contributed by atoms with Gasteiger partial charge in [0.15, 0.2) is 0 Å². The highest BCUT2D eigenvalue weighted by molar-refractivity contribution is 6.07. The highest BCUT2D eigenvalue weighted by Crippen LogP contribution is 2.43. The maximum absolute atomic E-state index is 13.4. The van der Waals surface area contributed by atoms with Crippen LogP contribution in [0.1, 0.15) is 18.5 Å². The van der Waals surface area contributed by atoms with E-state index in [0.717, 1.165) is 17.0 Å². The van der Waals surface area contributed by atoms with Crippen LogP contribution in [-0.2, 0) is 4.79 Å². The lowest BCUT2D eigenvalue weighted by Crippen LogP contribution is -2.66. The summed E-state index contributed by atoms with van der Waals surface area (Å²) in [5.41, 5.74) is 2.58. The quantitative estimate of drug-likeness (QED) is 0.319.